The van der Waals surface area contributed by atoms with Crippen LogP contribution in [0.25, 0.3) is 28.3 Å². The summed E-state index contributed by atoms with van der Waals surface area (Å²) in [4.78, 5) is 18.8. The van der Waals surface area contributed by atoms with Gasteiger partial charge in [-0.05, 0) is 48.2 Å². The minimum absolute atomic E-state index is 0.115. The van der Waals surface area contributed by atoms with Crippen molar-refractivity contribution in [2.45, 2.75) is 32.7 Å². The fourth-order valence-corrected chi connectivity index (χ4v) is 5.88. The van der Waals surface area contributed by atoms with E-state index in [4.69, 9.17) is 19.9 Å². The second kappa shape index (κ2) is 9.59. The summed E-state index contributed by atoms with van der Waals surface area (Å²) in [6.07, 6.45) is 3.23. The summed E-state index contributed by atoms with van der Waals surface area (Å²) in [5, 5.41) is 13.5. The van der Waals surface area contributed by atoms with Crippen LogP contribution in [0.3, 0.4) is 0 Å². The largest absolute Gasteiger partial charge is 0.497 e. The van der Waals surface area contributed by atoms with Gasteiger partial charge in [0.05, 0.1) is 18.5 Å². The summed E-state index contributed by atoms with van der Waals surface area (Å²) in [5.74, 6) is 2.10. The Balaban J connectivity index is 1.47. The summed E-state index contributed by atoms with van der Waals surface area (Å²) in [6, 6.07) is 27.3. The summed E-state index contributed by atoms with van der Waals surface area (Å²) < 4.78 is 9.15. The lowest BCUT2D eigenvalue weighted by atomic mass is 9.73. The molecule has 1 N–H and O–H groups in total. The number of methoxy groups -OCH3 is 1. The molecule has 1 unspecified atom stereocenters. The van der Waals surface area contributed by atoms with Crippen LogP contribution in [0.1, 0.15) is 38.3 Å². The van der Waals surface area contributed by atoms with Crippen LogP contribution in [0.2, 0.25) is 0 Å². The number of hydrogen-bond acceptors (Lipinski definition) is 6. The van der Waals surface area contributed by atoms with Gasteiger partial charge in [-0.2, -0.15) is 10.1 Å². The number of Topliss-reactive ketones (excluding diaryl/α,β-unsaturated/α-hetero) is 1. The normalized spacial score (nSPS) is 17.5. The van der Waals surface area contributed by atoms with Crippen molar-refractivity contribution in [3.63, 3.8) is 0 Å². The van der Waals surface area contributed by atoms with Gasteiger partial charge in [-0.15, -0.1) is 5.10 Å². The van der Waals surface area contributed by atoms with E-state index in [1.54, 1.807) is 7.11 Å². The van der Waals surface area contributed by atoms with Crippen LogP contribution in [0.5, 0.6) is 5.75 Å². The first-order valence-corrected chi connectivity index (χ1v) is 13.7. The molecule has 0 bridgehead atoms. The third-order valence-electron chi connectivity index (χ3n) is 7.79. The van der Waals surface area contributed by atoms with Gasteiger partial charge in [0.2, 0.25) is 5.95 Å². The first-order valence-electron chi connectivity index (χ1n) is 13.7. The van der Waals surface area contributed by atoms with E-state index in [1.165, 1.54) is 0 Å². The van der Waals surface area contributed by atoms with Gasteiger partial charge in [-0.25, -0.2) is 9.36 Å². The zero-order valence-corrected chi connectivity index (χ0v) is 23.2. The lowest BCUT2D eigenvalue weighted by Crippen LogP contribution is -2.36. The SMILES string of the molecule is COc1ccc(-c2nn(-c3ccccc3)cc2C2C3=C(CC(C)(C)CC3=O)Nc3nc(-c4ccccc4)nn32)cc1. The van der Waals surface area contributed by atoms with Crippen molar-refractivity contribution in [3.05, 3.63) is 108 Å². The van der Waals surface area contributed by atoms with Crippen LogP contribution < -0.4 is 10.1 Å². The van der Waals surface area contributed by atoms with E-state index in [1.807, 2.05) is 100 Å². The summed E-state index contributed by atoms with van der Waals surface area (Å²) in [7, 11) is 1.65. The van der Waals surface area contributed by atoms with E-state index in [9.17, 15) is 4.79 Å². The summed E-state index contributed by atoms with van der Waals surface area (Å²) in [6.45, 7) is 4.27. The molecule has 8 heteroatoms. The van der Waals surface area contributed by atoms with Crippen LogP contribution in [-0.4, -0.2) is 37.4 Å². The van der Waals surface area contributed by atoms with Crippen molar-refractivity contribution >= 4 is 11.7 Å². The number of nitrogens with one attached hydrogen (secondary N) is 1. The van der Waals surface area contributed by atoms with E-state index >= 15 is 0 Å². The maximum atomic E-state index is 13.9. The van der Waals surface area contributed by atoms with Gasteiger partial charge in [0, 0.05) is 40.6 Å². The summed E-state index contributed by atoms with van der Waals surface area (Å²) in [5.41, 5.74) is 5.89. The number of ether oxygens (including phenoxy) is 1. The van der Waals surface area contributed by atoms with Gasteiger partial charge in [-0.3, -0.25) is 4.79 Å². The van der Waals surface area contributed by atoms with Gasteiger partial charge >= 0.3 is 0 Å². The van der Waals surface area contributed by atoms with Crippen molar-refractivity contribution < 1.29 is 9.53 Å². The quantitative estimate of drug-likeness (QED) is 0.274. The zero-order chi connectivity index (χ0) is 28.1. The Kier molecular flexibility index (Phi) is 5.85. The highest BCUT2D eigenvalue weighted by Gasteiger charge is 2.43. The third kappa shape index (κ3) is 4.41. The molecule has 1 aliphatic carbocycles. The average molecular weight is 543 g/mol. The smallest absolute Gasteiger partial charge is 0.226 e. The van der Waals surface area contributed by atoms with E-state index < -0.39 is 6.04 Å². The lowest BCUT2D eigenvalue weighted by molar-refractivity contribution is -0.118. The first-order chi connectivity index (χ1) is 19.9. The van der Waals surface area contributed by atoms with Crippen LogP contribution in [0.15, 0.2) is 102 Å². The number of carbonyl (C=O) groups excluding carboxylic acids is 1. The van der Waals surface area contributed by atoms with Crippen molar-refractivity contribution in [2.24, 2.45) is 5.41 Å². The number of aromatic nitrogens is 5. The molecule has 0 spiro atoms. The molecule has 41 heavy (non-hydrogen) atoms. The number of nitrogens with zero attached hydrogens (tertiary/aromatic N) is 5. The average Bonchev–Trinajstić information content (AvgIpc) is 3.61. The van der Waals surface area contributed by atoms with Crippen LogP contribution >= 0.6 is 0 Å². The molecular formula is C33H30N6O2. The molecule has 5 aromatic rings. The maximum absolute atomic E-state index is 13.9. The molecule has 0 saturated heterocycles. The highest BCUT2D eigenvalue weighted by molar-refractivity contribution is 6.00. The molecule has 3 heterocycles. The second-order valence-electron chi connectivity index (χ2n) is 11.4. The monoisotopic (exact) mass is 542 g/mol. The molecule has 204 valence electrons. The highest BCUT2D eigenvalue weighted by atomic mass is 16.5. The topological polar surface area (TPSA) is 86.9 Å². The fraction of sp³-hybridized carbons (Fsp3) is 0.212. The Morgan fingerprint density at radius 2 is 1.59 bits per heavy atom. The number of anilines is 1. The van der Waals surface area contributed by atoms with Gasteiger partial charge < -0.3 is 10.1 Å². The molecular weight excluding hydrogens is 512 g/mol. The minimum Gasteiger partial charge on any atom is -0.497 e. The van der Waals surface area contributed by atoms with Crippen molar-refractivity contribution in [3.8, 4) is 34.1 Å². The van der Waals surface area contributed by atoms with Crippen LogP contribution in [-0.2, 0) is 4.79 Å². The second-order valence-corrected chi connectivity index (χ2v) is 11.4. The third-order valence-corrected chi connectivity index (χ3v) is 7.79. The molecule has 3 aromatic carbocycles. The van der Waals surface area contributed by atoms with Gasteiger partial charge in [0.15, 0.2) is 11.6 Å². The van der Waals surface area contributed by atoms with Gasteiger partial charge in [0.1, 0.15) is 11.8 Å². The number of carbonyl (C=O) groups is 1. The standard InChI is InChI=1S/C33H30N6O2/c1-33(2)18-26-28(27(40)19-33)30(39-32(34-26)35-31(37-39)22-10-6-4-7-11-22)25-20-38(23-12-8-5-9-13-23)36-29(25)21-14-16-24(41-3)17-15-21/h4-17,20,30H,18-19H2,1-3H3,(H,34,35,37). The zero-order valence-electron chi connectivity index (χ0n) is 23.2. The molecule has 8 nitrogen and oxygen atoms in total. The van der Waals surface area contributed by atoms with E-state index in [0.29, 0.717) is 18.2 Å². The number of rotatable bonds is 5. The lowest BCUT2D eigenvalue weighted by Gasteiger charge is -2.38. The number of para-hydroxylation sites is 1. The molecule has 0 radical (unpaired) electrons. The Hall–Kier alpha value is -4.98. The van der Waals surface area contributed by atoms with Gasteiger partial charge in [-0.1, -0.05) is 62.4 Å². The Labute approximate surface area is 238 Å². The molecule has 2 aromatic heterocycles. The molecule has 7 rings (SSSR count). The van der Waals surface area contributed by atoms with E-state index in [-0.39, 0.29) is 11.2 Å². The predicted octanol–water partition coefficient (Wildman–Crippen LogP) is 6.46. The molecule has 1 aliphatic heterocycles. The Bertz CT molecular complexity index is 1780. The fourth-order valence-electron chi connectivity index (χ4n) is 5.88. The van der Waals surface area contributed by atoms with Crippen molar-refractivity contribution in [1.29, 1.82) is 0 Å². The molecule has 2 aliphatic rings. The Morgan fingerprint density at radius 1 is 0.878 bits per heavy atom. The van der Waals surface area contributed by atoms with Crippen molar-refractivity contribution in [2.75, 3.05) is 12.4 Å². The maximum Gasteiger partial charge on any atom is 0.226 e. The van der Waals surface area contributed by atoms with Crippen LogP contribution in [0, 0.1) is 5.41 Å². The van der Waals surface area contributed by atoms with Crippen molar-refractivity contribution in [1.82, 2.24) is 24.5 Å². The molecule has 1 atom stereocenters. The number of benzene rings is 3. The minimum atomic E-state index is -0.496. The number of fused-ring (bicyclic) bond motifs is 1. The molecule has 0 saturated carbocycles. The predicted molar refractivity (Wildman–Crippen MR) is 158 cm³/mol. The first kappa shape index (κ1) is 25.0. The van der Waals surface area contributed by atoms with E-state index in [0.717, 1.165) is 51.5 Å². The number of hydrogen-bond donors (Lipinski definition) is 1. The van der Waals surface area contributed by atoms with Gasteiger partial charge in [0.25, 0.3) is 0 Å². The Morgan fingerprint density at radius 3 is 2.29 bits per heavy atom. The summed E-state index contributed by atoms with van der Waals surface area (Å²) >= 11 is 0. The van der Waals surface area contributed by atoms with Crippen LogP contribution in [0.4, 0.5) is 5.95 Å². The van der Waals surface area contributed by atoms with E-state index in [2.05, 4.69) is 19.2 Å². The highest BCUT2D eigenvalue weighted by Crippen LogP contribution is 2.47. The number of ketones is 1. The molecule has 0 fully saturated rings. The number of allylic oxidation sites excluding steroid dienone is 2. The molecule has 0 amide bonds.